The SMILES string of the molecule is CSc1cccc(-c2cnn(C)c2N)c1SC. The first kappa shape index (κ1) is 12.4. The number of nitrogen functional groups attached to an aromatic ring is 1. The third kappa shape index (κ3) is 2.17. The van der Waals surface area contributed by atoms with Crippen molar-refractivity contribution < 1.29 is 0 Å². The number of anilines is 1. The molecule has 90 valence electrons. The summed E-state index contributed by atoms with van der Waals surface area (Å²) < 4.78 is 1.70. The normalized spacial score (nSPS) is 10.8. The van der Waals surface area contributed by atoms with E-state index in [9.17, 15) is 0 Å². The second kappa shape index (κ2) is 5.06. The largest absolute Gasteiger partial charge is 0.383 e. The van der Waals surface area contributed by atoms with E-state index < -0.39 is 0 Å². The van der Waals surface area contributed by atoms with Gasteiger partial charge in [-0.3, -0.25) is 4.68 Å². The molecule has 0 spiro atoms. The minimum Gasteiger partial charge on any atom is -0.383 e. The number of hydrogen-bond acceptors (Lipinski definition) is 4. The van der Waals surface area contributed by atoms with Crippen LogP contribution in [-0.2, 0) is 7.05 Å². The van der Waals surface area contributed by atoms with E-state index in [0.717, 1.165) is 11.1 Å². The number of benzene rings is 1. The maximum absolute atomic E-state index is 6.03. The van der Waals surface area contributed by atoms with Crippen LogP contribution in [0.3, 0.4) is 0 Å². The molecule has 2 N–H and O–H groups in total. The smallest absolute Gasteiger partial charge is 0.129 e. The van der Waals surface area contributed by atoms with Crippen molar-refractivity contribution in [2.24, 2.45) is 7.05 Å². The van der Waals surface area contributed by atoms with Crippen molar-refractivity contribution in [2.75, 3.05) is 18.2 Å². The summed E-state index contributed by atoms with van der Waals surface area (Å²) in [5.74, 6) is 0.707. The van der Waals surface area contributed by atoms with Crippen molar-refractivity contribution in [3.05, 3.63) is 24.4 Å². The van der Waals surface area contributed by atoms with Gasteiger partial charge in [-0.1, -0.05) is 12.1 Å². The summed E-state index contributed by atoms with van der Waals surface area (Å²) in [5, 5.41) is 4.20. The Kier molecular flexibility index (Phi) is 3.69. The fourth-order valence-electron chi connectivity index (χ4n) is 1.75. The molecule has 0 fully saturated rings. The monoisotopic (exact) mass is 265 g/mol. The predicted molar refractivity (Wildman–Crippen MR) is 76.6 cm³/mol. The zero-order valence-corrected chi connectivity index (χ0v) is 11.7. The van der Waals surface area contributed by atoms with Gasteiger partial charge in [0, 0.05) is 28.0 Å². The molecule has 2 rings (SSSR count). The zero-order valence-electron chi connectivity index (χ0n) is 10.1. The van der Waals surface area contributed by atoms with Gasteiger partial charge in [0.05, 0.1) is 6.20 Å². The molecule has 0 aliphatic carbocycles. The Morgan fingerprint density at radius 1 is 1.18 bits per heavy atom. The van der Waals surface area contributed by atoms with Crippen molar-refractivity contribution >= 4 is 29.3 Å². The van der Waals surface area contributed by atoms with Crippen molar-refractivity contribution in [1.82, 2.24) is 9.78 Å². The molecule has 0 saturated carbocycles. The highest BCUT2D eigenvalue weighted by Crippen LogP contribution is 2.38. The Bertz CT molecular complexity index is 535. The van der Waals surface area contributed by atoms with Crippen molar-refractivity contribution in [1.29, 1.82) is 0 Å². The second-order valence-corrected chi connectivity index (χ2v) is 5.27. The van der Waals surface area contributed by atoms with Gasteiger partial charge in [-0.2, -0.15) is 5.10 Å². The molecule has 1 aromatic carbocycles. The molecule has 0 aliphatic heterocycles. The lowest BCUT2D eigenvalue weighted by Gasteiger charge is -2.10. The van der Waals surface area contributed by atoms with Crippen molar-refractivity contribution in [3.63, 3.8) is 0 Å². The third-order valence-electron chi connectivity index (χ3n) is 2.68. The fraction of sp³-hybridized carbons (Fsp3) is 0.250. The number of aryl methyl sites for hydroxylation is 1. The summed E-state index contributed by atoms with van der Waals surface area (Å²) in [4.78, 5) is 2.54. The number of thioether (sulfide) groups is 2. The molecule has 0 amide bonds. The number of nitrogens with two attached hydrogens (primary N) is 1. The average molecular weight is 265 g/mol. The highest BCUT2D eigenvalue weighted by atomic mass is 32.2. The zero-order chi connectivity index (χ0) is 12.4. The molecule has 0 unspecified atom stereocenters. The van der Waals surface area contributed by atoms with Crippen LogP contribution in [0.25, 0.3) is 11.1 Å². The molecular formula is C12H15N3S2. The van der Waals surface area contributed by atoms with Crippen LogP contribution >= 0.6 is 23.5 Å². The topological polar surface area (TPSA) is 43.8 Å². The van der Waals surface area contributed by atoms with Crippen LogP contribution in [0.5, 0.6) is 0 Å². The Morgan fingerprint density at radius 2 is 1.94 bits per heavy atom. The van der Waals surface area contributed by atoms with Crippen molar-refractivity contribution in [2.45, 2.75) is 9.79 Å². The molecule has 3 nitrogen and oxygen atoms in total. The average Bonchev–Trinajstić information content (AvgIpc) is 2.69. The molecule has 1 aromatic heterocycles. The van der Waals surface area contributed by atoms with Gasteiger partial charge in [0.25, 0.3) is 0 Å². The first-order chi connectivity index (χ1) is 8.19. The number of nitrogens with zero attached hydrogens (tertiary/aromatic N) is 2. The van der Waals surface area contributed by atoms with E-state index in [-0.39, 0.29) is 0 Å². The molecule has 0 radical (unpaired) electrons. The second-order valence-electron chi connectivity index (χ2n) is 3.61. The Balaban J connectivity index is 2.63. The highest BCUT2D eigenvalue weighted by molar-refractivity contribution is 8.01. The lowest BCUT2D eigenvalue weighted by Crippen LogP contribution is -1.98. The Morgan fingerprint density at radius 3 is 2.47 bits per heavy atom. The summed E-state index contributed by atoms with van der Waals surface area (Å²) in [7, 11) is 1.86. The minimum atomic E-state index is 0.707. The lowest BCUT2D eigenvalue weighted by molar-refractivity contribution is 0.779. The molecule has 0 saturated heterocycles. The molecule has 0 atom stereocenters. The van der Waals surface area contributed by atoms with Crippen LogP contribution in [-0.4, -0.2) is 22.3 Å². The quantitative estimate of drug-likeness (QED) is 0.866. The highest BCUT2D eigenvalue weighted by Gasteiger charge is 2.13. The Labute approximate surface area is 110 Å². The van der Waals surface area contributed by atoms with Crippen LogP contribution in [0, 0.1) is 0 Å². The van der Waals surface area contributed by atoms with Gasteiger partial charge in [0.2, 0.25) is 0 Å². The first-order valence-electron chi connectivity index (χ1n) is 5.18. The maximum atomic E-state index is 6.03. The van der Waals surface area contributed by atoms with E-state index in [1.54, 1.807) is 28.2 Å². The van der Waals surface area contributed by atoms with E-state index >= 15 is 0 Å². The van der Waals surface area contributed by atoms with Gasteiger partial charge in [-0.15, -0.1) is 23.5 Å². The molecular weight excluding hydrogens is 250 g/mol. The van der Waals surface area contributed by atoms with Crippen LogP contribution in [0.4, 0.5) is 5.82 Å². The number of aromatic nitrogens is 2. The van der Waals surface area contributed by atoms with Gasteiger partial charge in [-0.25, -0.2) is 0 Å². The van der Waals surface area contributed by atoms with Crippen LogP contribution < -0.4 is 5.73 Å². The van der Waals surface area contributed by atoms with Crippen molar-refractivity contribution in [3.8, 4) is 11.1 Å². The first-order valence-corrected chi connectivity index (χ1v) is 7.62. The van der Waals surface area contributed by atoms with Gasteiger partial charge >= 0.3 is 0 Å². The molecule has 2 aromatic rings. The van der Waals surface area contributed by atoms with Gasteiger partial charge in [0.1, 0.15) is 5.82 Å². The molecule has 1 heterocycles. The molecule has 17 heavy (non-hydrogen) atoms. The van der Waals surface area contributed by atoms with Crippen LogP contribution in [0.1, 0.15) is 0 Å². The summed E-state index contributed by atoms with van der Waals surface area (Å²) in [5.41, 5.74) is 8.20. The molecule has 0 aliphatic rings. The Hall–Kier alpha value is -1.07. The summed E-state index contributed by atoms with van der Waals surface area (Å²) in [6.45, 7) is 0. The standard InChI is InChI=1S/C12H15N3S2/c1-15-12(13)9(7-14-15)8-5-4-6-10(16-2)11(8)17-3/h4-7H,13H2,1-3H3. The molecule has 5 heteroatoms. The predicted octanol–water partition coefficient (Wildman–Crippen LogP) is 3.11. The van der Waals surface area contributed by atoms with Gasteiger partial charge in [0.15, 0.2) is 0 Å². The minimum absolute atomic E-state index is 0.707. The van der Waals surface area contributed by atoms with E-state index in [2.05, 4.69) is 35.8 Å². The number of rotatable bonds is 3. The molecule has 0 bridgehead atoms. The fourth-order valence-corrected chi connectivity index (χ4v) is 3.43. The van der Waals surface area contributed by atoms with Gasteiger partial charge in [-0.05, 0) is 18.6 Å². The van der Waals surface area contributed by atoms with E-state index in [1.807, 2.05) is 13.2 Å². The van der Waals surface area contributed by atoms with Crippen LogP contribution in [0.2, 0.25) is 0 Å². The van der Waals surface area contributed by atoms with E-state index in [0.29, 0.717) is 5.82 Å². The van der Waals surface area contributed by atoms with E-state index in [4.69, 9.17) is 5.73 Å². The summed E-state index contributed by atoms with van der Waals surface area (Å²) in [6.07, 6.45) is 6.00. The summed E-state index contributed by atoms with van der Waals surface area (Å²) in [6, 6.07) is 6.29. The number of hydrogen-bond donors (Lipinski definition) is 1. The van der Waals surface area contributed by atoms with Crippen LogP contribution in [0.15, 0.2) is 34.2 Å². The third-order valence-corrected chi connectivity index (χ3v) is 4.44. The van der Waals surface area contributed by atoms with Gasteiger partial charge < -0.3 is 5.73 Å². The summed E-state index contributed by atoms with van der Waals surface area (Å²) >= 11 is 3.50. The van der Waals surface area contributed by atoms with E-state index in [1.165, 1.54) is 9.79 Å². The lowest BCUT2D eigenvalue weighted by atomic mass is 10.1. The maximum Gasteiger partial charge on any atom is 0.129 e.